The van der Waals surface area contributed by atoms with E-state index in [9.17, 15) is 0 Å². The highest BCUT2D eigenvalue weighted by molar-refractivity contribution is 5.62. The molecular formula is C46H56N3+3. The van der Waals surface area contributed by atoms with Gasteiger partial charge < -0.3 is 0 Å². The van der Waals surface area contributed by atoms with Crippen molar-refractivity contribution in [1.29, 1.82) is 0 Å². The highest BCUT2D eigenvalue weighted by atomic mass is 14.9. The third-order valence-electron chi connectivity index (χ3n) is 8.87. The molecule has 0 aliphatic carbocycles. The SMILES string of the molecule is CCc1cc[n+](C)c(-c2ccccc2C)c1.[2H]C([2H])(C)c1ccc(-c2ccccc2C)[n+](C)c1.[2H]C([2H])([2H])C([2H])(C)c1ccc(-c2ccccc2C)[n+](C)c1. The van der Waals surface area contributed by atoms with Crippen molar-refractivity contribution in [3.63, 3.8) is 0 Å². The number of nitrogens with zero attached hydrogens (tertiary/aromatic N) is 3. The molecule has 0 fully saturated rings. The molecule has 0 amide bonds. The minimum atomic E-state index is -2.36. The molecule has 0 saturated carbocycles. The van der Waals surface area contributed by atoms with Gasteiger partial charge in [-0.1, -0.05) is 82.2 Å². The number of hydrogen-bond acceptors (Lipinski definition) is 0. The number of pyridine rings is 3. The maximum Gasteiger partial charge on any atom is 0.212 e. The van der Waals surface area contributed by atoms with E-state index in [0.717, 1.165) is 28.9 Å². The molecule has 0 bridgehead atoms. The van der Waals surface area contributed by atoms with E-state index in [0.29, 0.717) is 11.1 Å². The Kier molecular flexibility index (Phi) is 10.4. The lowest BCUT2D eigenvalue weighted by Crippen LogP contribution is -2.31. The van der Waals surface area contributed by atoms with Crippen LogP contribution in [0.4, 0.5) is 0 Å². The van der Waals surface area contributed by atoms with Crippen LogP contribution in [0.15, 0.2) is 128 Å². The maximum absolute atomic E-state index is 8.16. The van der Waals surface area contributed by atoms with Gasteiger partial charge in [0.15, 0.2) is 18.6 Å². The molecule has 0 radical (unpaired) electrons. The van der Waals surface area contributed by atoms with Crippen LogP contribution in [0.3, 0.4) is 0 Å². The zero-order valence-electron chi connectivity index (χ0n) is 36.7. The first-order chi connectivity index (χ1) is 25.8. The summed E-state index contributed by atoms with van der Waals surface area (Å²) in [6.07, 6.45) is 5.52. The van der Waals surface area contributed by atoms with E-state index < -0.39 is 19.1 Å². The summed E-state index contributed by atoms with van der Waals surface area (Å²) >= 11 is 0. The summed E-state index contributed by atoms with van der Waals surface area (Å²) in [4.78, 5) is 0. The Labute approximate surface area is 304 Å². The van der Waals surface area contributed by atoms with Crippen LogP contribution >= 0.6 is 0 Å². The fraction of sp³-hybridized carbons (Fsp3) is 0.283. The van der Waals surface area contributed by atoms with E-state index in [4.69, 9.17) is 8.22 Å². The minimum Gasteiger partial charge on any atom is -0.201 e. The molecule has 6 rings (SSSR count). The Morgan fingerprint density at radius 2 is 1.08 bits per heavy atom. The number of aryl methyl sites for hydroxylation is 8. The summed E-state index contributed by atoms with van der Waals surface area (Å²) in [6.45, 7) is 9.14. The lowest BCUT2D eigenvalue weighted by atomic mass is 10.0. The number of aromatic nitrogens is 3. The Bertz CT molecular complexity index is 2240. The Morgan fingerprint density at radius 3 is 1.53 bits per heavy atom. The lowest BCUT2D eigenvalue weighted by molar-refractivity contribution is -0.661. The smallest absolute Gasteiger partial charge is 0.201 e. The Balaban J connectivity index is 0.000000185. The predicted molar refractivity (Wildman–Crippen MR) is 206 cm³/mol. The molecule has 0 spiro atoms. The monoisotopic (exact) mass is 656 g/mol. The molecule has 1 unspecified atom stereocenters. The molecule has 3 heteroatoms. The summed E-state index contributed by atoms with van der Waals surface area (Å²) in [5.41, 5.74) is 13.3. The van der Waals surface area contributed by atoms with E-state index in [2.05, 4.69) is 87.1 Å². The van der Waals surface area contributed by atoms with Crippen molar-refractivity contribution in [3.8, 4) is 33.8 Å². The third kappa shape index (κ3) is 9.60. The number of rotatable bonds is 6. The number of benzene rings is 3. The largest absolute Gasteiger partial charge is 0.212 e. The van der Waals surface area contributed by atoms with Crippen LogP contribution in [0.5, 0.6) is 0 Å². The third-order valence-corrected chi connectivity index (χ3v) is 8.87. The van der Waals surface area contributed by atoms with Gasteiger partial charge >= 0.3 is 0 Å². The summed E-state index contributed by atoms with van der Waals surface area (Å²) in [6, 6.07) is 36.7. The van der Waals surface area contributed by atoms with Crippen molar-refractivity contribution in [2.24, 2.45) is 21.1 Å². The highest BCUT2D eigenvalue weighted by Gasteiger charge is 2.15. The van der Waals surface area contributed by atoms with Crippen LogP contribution in [0, 0.1) is 20.8 Å². The van der Waals surface area contributed by atoms with Crippen molar-refractivity contribution >= 4 is 0 Å². The van der Waals surface area contributed by atoms with Crippen molar-refractivity contribution in [2.75, 3.05) is 0 Å². The zero-order chi connectivity index (χ0) is 40.7. The normalized spacial score (nSPS) is 14.1. The van der Waals surface area contributed by atoms with E-state index in [1.165, 1.54) is 40.4 Å². The second-order valence-corrected chi connectivity index (χ2v) is 12.5. The molecule has 0 N–H and O–H groups in total. The Hall–Kier alpha value is -4.89. The first-order valence-electron chi connectivity index (χ1n) is 19.9. The standard InChI is InChI=1S/C16H20N.2C15H18N/c1-12(2)14-9-10-16(17(4)11-14)15-8-6-5-7-13(15)3;1-4-13-9-10-16(3)15(11-13)14-8-6-5-7-12(14)2;1-4-13-9-10-15(16(3)11-13)14-8-6-5-7-12(14)2/h5-12H,1-4H3;2*5-11H,4H2,1-3H3/q3*+1/i1D3,12D;;4D2. The molecule has 0 saturated heterocycles. The van der Waals surface area contributed by atoms with E-state index in [1.807, 2.05) is 90.9 Å². The quantitative estimate of drug-likeness (QED) is 0.158. The van der Waals surface area contributed by atoms with Crippen molar-refractivity contribution < 1.29 is 21.9 Å². The van der Waals surface area contributed by atoms with Crippen molar-refractivity contribution in [1.82, 2.24) is 0 Å². The van der Waals surface area contributed by atoms with Gasteiger partial charge in [-0.25, -0.2) is 13.7 Å². The second-order valence-electron chi connectivity index (χ2n) is 12.5. The molecule has 3 aromatic carbocycles. The lowest BCUT2D eigenvalue weighted by Gasteiger charge is -2.07. The maximum atomic E-state index is 8.16. The molecule has 3 nitrogen and oxygen atoms in total. The average molecular weight is 657 g/mol. The van der Waals surface area contributed by atoms with Gasteiger partial charge in [0.25, 0.3) is 0 Å². The molecule has 3 heterocycles. The van der Waals surface area contributed by atoms with E-state index in [-0.39, 0.29) is 0 Å². The molecule has 3 aromatic heterocycles. The van der Waals surface area contributed by atoms with Crippen LogP contribution in [-0.2, 0) is 33.9 Å². The summed E-state index contributed by atoms with van der Waals surface area (Å²) in [5, 5.41) is 0. The minimum absolute atomic E-state index is 0.488. The Morgan fingerprint density at radius 1 is 0.592 bits per heavy atom. The molecule has 0 aliphatic heterocycles. The summed E-state index contributed by atoms with van der Waals surface area (Å²) in [7, 11) is 5.93. The fourth-order valence-corrected chi connectivity index (χ4v) is 5.83. The van der Waals surface area contributed by atoms with Crippen LogP contribution in [-0.4, -0.2) is 0 Å². The van der Waals surface area contributed by atoms with E-state index >= 15 is 0 Å². The topological polar surface area (TPSA) is 11.6 Å². The molecule has 6 aromatic rings. The fourth-order valence-electron chi connectivity index (χ4n) is 5.83. The van der Waals surface area contributed by atoms with Gasteiger partial charge in [-0.05, 0) is 92.0 Å². The average Bonchev–Trinajstić information content (AvgIpc) is 3.12. The van der Waals surface area contributed by atoms with Gasteiger partial charge in [-0.15, -0.1) is 0 Å². The van der Waals surface area contributed by atoms with Gasteiger partial charge in [-0.2, -0.15) is 0 Å². The van der Waals surface area contributed by atoms with Gasteiger partial charge in [0.05, 0.1) is 0 Å². The molecular weight excluding hydrogens is 595 g/mol. The van der Waals surface area contributed by atoms with Gasteiger partial charge in [-0.3, -0.25) is 0 Å². The van der Waals surface area contributed by atoms with Gasteiger partial charge in [0, 0.05) is 60.3 Å². The van der Waals surface area contributed by atoms with Crippen molar-refractivity contribution in [2.45, 2.75) is 67.1 Å². The summed E-state index contributed by atoms with van der Waals surface area (Å²) in [5.74, 6) is -1.62. The van der Waals surface area contributed by atoms with Crippen molar-refractivity contribution in [3.05, 3.63) is 161 Å². The van der Waals surface area contributed by atoms with E-state index in [1.54, 1.807) is 19.2 Å². The van der Waals surface area contributed by atoms with Gasteiger partial charge in [0.2, 0.25) is 17.1 Å². The van der Waals surface area contributed by atoms with Crippen LogP contribution in [0.25, 0.3) is 33.8 Å². The zero-order valence-corrected chi connectivity index (χ0v) is 30.7. The number of hydrogen-bond donors (Lipinski definition) is 0. The summed E-state index contributed by atoms with van der Waals surface area (Å²) < 4.78 is 52.3. The van der Waals surface area contributed by atoms with Gasteiger partial charge in [0.1, 0.15) is 21.1 Å². The first-order valence-corrected chi connectivity index (χ1v) is 16.9. The van der Waals surface area contributed by atoms with Crippen LogP contribution in [0.1, 0.15) is 75.1 Å². The molecule has 1 atom stereocenters. The highest BCUT2D eigenvalue weighted by Crippen LogP contribution is 2.23. The second kappa shape index (κ2) is 17.5. The molecule has 49 heavy (non-hydrogen) atoms. The molecule has 0 aliphatic rings. The predicted octanol–water partition coefficient (Wildman–Crippen LogP) is 9.71. The molecule has 252 valence electrons. The van der Waals surface area contributed by atoms with Crippen LogP contribution in [0.2, 0.25) is 0 Å². The first kappa shape index (κ1) is 29.1. The van der Waals surface area contributed by atoms with Crippen LogP contribution < -0.4 is 13.7 Å².